The summed E-state index contributed by atoms with van der Waals surface area (Å²) in [4.78, 5) is 12.3. The first-order valence-electron chi connectivity index (χ1n) is 10.5. The SMILES string of the molecule is COc1cccc(CC(n2cccc2)C(C)(C)C(Nc2ccc(C(F)(F)F)cc2F)C(=O)O)c1. The number of aromatic nitrogens is 1. The van der Waals surface area contributed by atoms with E-state index in [1.165, 1.54) is 0 Å². The third-order valence-electron chi connectivity index (χ3n) is 6.00. The van der Waals surface area contributed by atoms with Crippen LogP contribution in [0, 0.1) is 11.2 Å². The molecule has 0 aliphatic carbocycles. The maximum Gasteiger partial charge on any atom is 0.416 e. The number of alkyl halides is 3. The molecule has 0 bridgehead atoms. The number of hydrogen-bond acceptors (Lipinski definition) is 3. The van der Waals surface area contributed by atoms with Gasteiger partial charge < -0.3 is 19.7 Å². The Hall–Kier alpha value is -3.49. The van der Waals surface area contributed by atoms with Crippen LogP contribution >= 0.6 is 0 Å². The number of halogens is 4. The van der Waals surface area contributed by atoms with Crippen LogP contribution in [0.3, 0.4) is 0 Å². The number of anilines is 1. The Labute approximate surface area is 195 Å². The zero-order valence-corrected chi connectivity index (χ0v) is 18.9. The Balaban J connectivity index is 1.98. The van der Waals surface area contributed by atoms with Gasteiger partial charge in [-0.2, -0.15) is 13.2 Å². The number of methoxy groups -OCH3 is 1. The van der Waals surface area contributed by atoms with E-state index in [4.69, 9.17) is 4.74 Å². The highest BCUT2D eigenvalue weighted by Crippen LogP contribution is 2.40. The van der Waals surface area contributed by atoms with Crippen LogP contribution < -0.4 is 10.1 Å². The average Bonchev–Trinajstić information content (AvgIpc) is 3.30. The molecule has 0 aliphatic rings. The van der Waals surface area contributed by atoms with Crippen molar-refractivity contribution in [3.63, 3.8) is 0 Å². The molecule has 182 valence electrons. The molecule has 2 aromatic carbocycles. The van der Waals surface area contributed by atoms with Gasteiger partial charge in [0.25, 0.3) is 0 Å². The van der Waals surface area contributed by atoms with Gasteiger partial charge in [-0.15, -0.1) is 0 Å². The second kappa shape index (κ2) is 9.79. The van der Waals surface area contributed by atoms with E-state index < -0.39 is 41.0 Å². The molecule has 5 nitrogen and oxygen atoms in total. The lowest BCUT2D eigenvalue weighted by Crippen LogP contribution is -2.48. The van der Waals surface area contributed by atoms with Crippen LogP contribution in [-0.4, -0.2) is 28.8 Å². The lowest BCUT2D eigenvalue weighted by atomic mass is 9.74. The number of rotatable bonds is 9. The van der Waals surface area contributed by atoms with Crippen LogP contribution in [0.15, 0.2) is 67.0 Å². The molecule has 2 atom stereocenters. The Kier molecular flexibility index (Phi) is 7.24. The molecule has 0 saturated heterocycles. The fourth-order valence-electron chi connectivity index (χ4n) is 4.05. The van der Waals surface area contributed by atoms with Crippen molar-refractivity contribution >= 4 is 11.7 Å². The van der Waals surface area contributed by atoms with Gasteiger partial charge >= 0.3 is 12.1 Å². The highest BCUT2D eigenvalue weighted by Gasteiger charge is 2.43. The van der Waals surface area contributed by atoms with Crippen molar-refractivity contribution in [2.75, 3.05) is 12.4 Å². The fourth-order valence-corrected chi connectivity index (χ4v) is 4.05. The molecule has 3 rings (SSSR count). The van der Waals surface area contributed by atoms with E-state index >= 15 is 0 Å². The second-order valence-electron chi connectivity index (χ2n) is 8.63. The largest absolute Gasteiger partial charge is 0.497 e. The normalized spacial score (nSPS) is 13.9. The zero-order valence-electron chi connectivity index (χ0n) is 18.9. The van der Waals surface area contributed by atoms with Crippen LogP contribution in [0.25, 0.3) is 0 Å². The second-order valence-corrected chi connectivity index (χ2v) is 8.63. The first-order chi connectivity index (χ1) is 15.9. The van der Waals surface area contributed by atoms with Gasteiger partial charge in [-0.05, 0) is 54.4 Å². The summed E-state index contributed by atoms with van der Waals surface area (Å²) in [5.74, 6) is -1.78. The Morgan fingerprint density at radius 2 is 1.76 bits per heavy atom. The van der Waals surface area contributed by atoms with E-state index in [2.05, 4.69) is 5.32 Å². The summed E-state index contributed by atoms with van der Waals surface area (Å²) >= 11 is 0. The number of benzene rings is 2. The van der Waals surface area contributed by atoms with Crippen molar-refractivity contribution < 1.29 is 32.2 Å². The van der Waals surface area contributed by atoms with E-state index in [0.29, 0.717) is 18.2 Å². The summed E-state index contributed by atoms with van der Waals surface area (Å²) in [5.41, 5.74) is -1.59. The van der Waals surface area contributed by atoms with E-state index in [1.807, 2.05) is 47.3 Å². The van der Waals surface area contributed by atoms with Crippen LogP contribution in [0.4, 0.5) is 23.2 Å². The lowest BCUT2D eigenvalue weighted by molar-refractivity contribution is -0.141. The van der Waals surface area contributed by atoms with Crippen molar-refractivity contribution in [3.05, 3.63) is 83.9 Å². The van der Waals surface area contributed by atoms with E-state index in [-0.39, 0.29) is 5.69 Å². The van der Waals surface area contributed by atoms with Gasteiger partial charge in [-0.1, -0.05) is 26.0 Å². The minimum absolute atomic E-state index is 0.318. The number of carboxylic acids is 1. The fraction of sp³-hybridized carbons (Fsp3) is 0.320. The number of aliphatic carboxylic acids is 1. The number of nitrogens with one attached hydrogen (secondary N) is 1. The zero-order chi connectivity index (χ0) is 25.1. The van der Waals surface area contributed by atoms with Gasteiger partial charge in [-0.3, -0.25) is 0 Å². The van der Waals surface area contributed by atoms with Crippen LogP contribution in [0.1, 0.15) is 31.0 Å². The van der Waals surface area contributed by atoms with Crippen LogP contribution in [0.2, 0.25) is 0 Å². The molecule has 0 amide bonds. The van der Waals surface area contributed by atoms with Gasteiger partial charge in [0, 0.05) is 23.9 Å². The Morgan fingerprint density at radius 3 is 2.32 bits per heavy atom. The van der Waals surface area contributed by atoms with Gasteiger partial charge in [-0.25, -0.2) is 9.18 Å². The topological polar surface area (TPSA) is 63.5 Å². The van der Waals surface area contributed by atoms with Gasteiger partial charge in [0.05, 0.1) is 18.4 Å². The summed E-state index contributed by atoms with van der Waals surface area (Å²) in [5, 5.41) is 12.7. The Bertz CT molecular complexity index is 1130. The first-order valence-corrected chi connectivity index (χ1v) is 10.5. The Morgan fingerprint density at radius 1 is 1.09 bits per heavy atom. The highest BCUT2D eigenvalue weighted by atomic mass is 19.4. The molecular weight excluding hydrogens is 452 g/mol. The molecule has 2 unspecified atom stereocenters. The van der Waals surface area contributed by atoms with Gasteiger partial charge in [0.1, 0.15) is 17.6 Å². The average molecular weight is 478 g/mol. The smallest absolute Gasteiger partial charge is 0.416 e. The molecule has 0 saturated carbocycles. The highest BCUT2D eigenvalue weighted by molar-refractivity contribution is 5.78. The predicted molar refractivity (Wildman–Crippen MR) is 120 cm³/mol. The van der Waals surface area contributed by atoms with Crippen molar-refractivity contribution in [2.45, 2.75) is 38.5 Å². The number of hydrogen-bond donors (Lipinski definition) is 2. The maximum atomic E-state index is 14.5. The molecule has 0 radical (unpaired) electrons. The van der Waals surface area contributed by atoms with Crippen molar-refractivity contribution in [3.8, 4) is 5.75 Å². The summed E-state index contributed by atoms with van der Waals surface area (Å²) in [6.45, 7) is 3.46. The summed E-state index contributed by atoms with van der Waals surface area (Å²) in [6, 6.07) is 11.3. The predicted octanol–water partition coefficient (Wildman–Crippen LogP) is 6.03. The number of nitrogens with zero attached hydrogens (tertiary/aromatic N) is 1. The molecule has 9 heteroatoms. The van der Waals surface area contributed by atoms with Gasteiger partial charge in [0.15, 0.2) is 0 Å². The van der Waals surface area contributed by atoms with Crippen LogP contribution in [-0.2, 0) is 17.4 Å². The first kappa shape index (κ1) is 25.1. The minimum Gasteiger partial charge on any atom is -0.497 e. The standard InChI is InChI=1S/C25H26F4N2O3/c1-24(2,21(31-11-4-5-12-31)14-16-7-6-8-18(13-16)34-3)22(23(32)33)30-20-10-9-17(15-19(20)26)25(27,28)29/h4-13,15,21-22,30H,14H2,1-3H3,(H,32,33). The van der Waals surface area contributed by atoms with E-state index in [1.54, 1.807) is 27.0 Å². The maximum absolute atomic E-state index is 14.5. The van der Waals surface area contributed by atoms with Crippen LogP contribution in [0.5, 0.6) is 5.75 Å². The van der Waals surface area contributed by atoms with E-state index in [9.17, 15) is 27.5 Å². The van der Waals surface area contributed by atoms with Crippen molar-refractivity contribution in [2.24, 2.45) is 5.41 Å². The molecule has 0 spiro atoms. The summed E-state index contributed by atoms with van der Waals surface area (Å²) in [6.07, 6.45) is -0.657. The molecule has 1 aromatic heterocycles. The van der Waals surface area contributed by atoms with Crippen molar-refractivity contribution in [1.29, 1.82) is 0 Å². The molecular formula is C25H26F4N2O3. The molecule has 0 fully saturated rings. The number of carbonyl (C=O) groups is 1. The van der Waals surface area contributed by atoms with Gasteiger partial charge in [0.2, 0.25) is 0 Å². The monoisotopic (exact) mass is 478 g/mol. The summed E-state index contributed by atoms with van der Waals surface area (Å²) in [7, 11) is 1.55. The number of ether oxygens (including phenoxy) is 1. The van der Waals surface area contributed by atoms with Crippen molar-refractivity contribution in [1.82, 2.24) is 4.57 Å². The molecule has 1 heterocycles. The third kappa shape index (κ3) is 5.52. The van der Waals surface area contributed by atoms with E-state index in [0.717, 1.165) is 17.7 Å². The summed E-state index contributed by atoms with van der Waals surface area (Å²) < 4.78 is 60.4. The molecule has 3 aromatic rings. The molecule has 0 aliphatic heterocycles. The number of carboxylic acid groups (broad SMARTS) is 1. The molecule has 34 heavy (non-hydrogen) atoms. The lowest BCUT2D eigenvalue weighted by Gasteiger charge is -2.40. The minimum atomic E-state index is -4.71. The quantitative estimate of drug-likeness (QED) is 0.369. The molecule has 2 N–H and O–H groups in total. The third-order valence-corrected chi connectivity index (χ3v) is 6.00.